The van der Waals surface area contributed by atoms with Gasteiger partial charge in [-0.15, -0.1) is 0 Å². The van der Waals surface area contributed by atoms with E-state index in [1.165, 1.54) is 6.07 Å². The van der Waals surface area contributed by atoms with Crippen molar-refractivity contribution in [3.63, 3.8) is 0 Å². The summed E-state index contributed by atoms with van der Waals surface area (Å²) in [4.78, 5) is 7.78. The van der Waals surface area contributed by atoms with E-state index in [2.05, 4.69) is 20.7 Å². The first-order valence-electron chi connectivity index (χ1n) is 5.71. The number of hydrazine groups is 1. The van der Waals surface area contributed by atoms with Crippen LogP contribution in [0.2, 0.25) is 0 Å². The van der Waals surface area contributed by atoms with Crippen LogP contribution in [0.3, 0.4) is 0 Å². The highest BCUT2D eigenvalue weighted by Gasteiger charge is 2.40. The molecule has 114 valence electrons. The Balaban J connectivity index is 2.78. The third-order valence-electron chi connectivity index (χ3n) is 2.18. The Bertz CT molecular complexity index is 432. The van der Waals surface area contributed by atoms with Crippen molar-refractivity contribution in [2.45, 2.75) is 25.9 Å². The van der Waals surface area contributed by atoms with E-state index < -0.39 is 18.9 Å². The van der Waals surface area contributed by atoms with Crippen molar-refractivity contribution in [3.8, 4) is 0 Å². The Kier molecular flexibility index (Phi) is 5.89. The molecule has 20 heavy (non-hydrogen) atoms. The average molecular weight is 297 g/mol. The molecule has 10 heteroatoms. The maximum absolute atomic E-state index is 12.8. The van der Waals surface area contributed by atoms with Gasteiger partial charge in [0.05, 0.1) is 6.54 Å². The zero-order valence-corrected chi connectivity index (χ0v) is 10.7. The molecule has 0 bridgehead atoms. The molecule has 6 nitrogen and oxygen atoms in total. The van der Waals surface area contributed by atoms with E-state index in [0.29, 0.717) is 6.61 Å². The van der Waals surface area contributed by atoms with Gasteiger partial charge in [0.2, 0.25) is 0 Å². The molecule has 0 saturated heterocycles. The summed E-state index contributed by atoms with van der Waals surface area (Å²) < 4.78 is 54.7. The van der Waals surface area contributed by atoms with E-state index >= 15 is 0 Å². The highest BCUT2D eigenvalue weighted by molar-refractivity contribution is 5.47. The fourth-order valence-electron chi connectivity index (χ4n) is 1.21. The second kappa shape index (κ2) is 7.20. The molecule has 1 aromatic heterocycles. The van der Waals surface area contributed by atoms with Crippen molar-refractivity contribution in [1.29, 1.82) is 0 Å². The summed E-state index contributed by atoms with van der Waals surface area (Å²) in [6, 6.07) is 1.22. The lowest BCUT2D eigenvalue weighted by molar-refractivity contribution is -0.117. The molecule has 1 heterocycles. The molecule has 0 unspecified atom stereocenters. The van der Waals surface area contributed by atoms with Gasteiger partial charge in [-0.2, -0.15) is 8.78 Å². The largest absolute Gasteiger partial charge is 0.374 e. The number of nitrogens with one attached hydrogen (secondary N) is 2. The first kappa shape index (κ1) is 16.4. The van der Waals surface area contributed by atoms with E-state index in [1.807, 2.05) is 0 Å². The van der Waals surface area contributed by atoms with E-state index in [0.717, 1.165) is 0 Å². The number of halogens is 4. The van der Waals surface area contributed by atoms with Crippen molar-refractivity contribution < 1.29 is 22.3 Å². The zero-order valence-electron chi connectivity index (χ0n) is 10.7. The molecule has 0 aliphatic carbocycles. The van der Waals surface area contributed by atoms with Gasteiger partial charge in [0.25, 0.3) is 0 Å². The Morgan fingerprint density at radius 1 is 1.35 bits per heavy atom. The quantitative estimate of drug-likeness (QED) is 0.384. The summed E-state index contributed by atoms with van der Waals surface area (Å²) >= 11 is 0. The lowest BCUT2D eigenvalue weighted by Gasteiger charge is -2.16. The minimum absolute atomic E-state index is 0.0476. The van der Waals surface area contributed by atoms with Crippen LogP contribution in [0, 0.1) is 0 Å². The monoisotopic (exact) mass is 297 g/mol. The molecule has 0 spiro atoms. The molecule has 0 amide bonds. The first-order chi connectivity index (χ1) is 9.39. The molecular formula is C10H15F4N5O. The lowest BCUT2D eigenvalue weighted by Crippen LogP contribution is -2.35. The number of anilines is 2. The number of nitrogens with two attached hydrogens (primary N) is 1. The van der Waals surface area contributed by atoms with Crippen LogP contribution in [0.1, 0.15) is 12.7 Å². The highest BCUT2D eigenvalue weighted by Crippen LogP contribution is 2.23. The number of hydrogen-bond donors (Lipinski definition) is 3. The second-order valence-electron chi connectivity index (χ2n) is 3.75. The molecule has 0 fully saturated rings. The number of hydrogen-bond acceptors (Lipinski definition) is 6. The third kappa shape index (κ3) is 4.78. The first-order valence-corrected chi connectivity index (χ1v) is 5.71. The van der Waals surface area contributed by atoms with Crippen molar-refractivity contribution in [2.75, 3.05) is 23.9 Å². The van der Waals surface area contributed by atoms with Crippen molar-refractivity contribution >= 4 is 11.6 Å². The standard InChI is InChI=1S/C10H15F4N5O/c1-2-20-4-8-17-6(3-7(18-8)19-15)16-5-10(13,14)9(11)12/h3,9H,2,4-5,15H2,1H3,(H2,16,17,18,19). The summed E-state index contributed by atoms with van der Waals surface area (Å²) in [5, 5.41) is 2.13. The molecule has 0 aliphatic heterocycles. The summed E-state index contributed by atoms with van der Waals surface area (Å²) in [7, 11) is 0. The maximum Gasteiger partial charge on any atom is 0.324 e. The normalized spacial score (nSPS) is 11.8. The van der Waals surface area contributed by atoms with Crippen LogP contribution in [0.25, 0.3) is 0 Å². The van der Waals surface area contributed by atoms with Crippen LogP contribution in [0.15, 0.2) is 6.07 Å². The average Bonchev–Trinajstić information content (AvgIpc) is 2.42. The van der Waals surface area contributed by atoms with E-state index in [9.17, 15) is 17.6 Å². The van der Waals surface area contributed by atoms with Crippen LogP contribution >= 0.6 is 0 Å². The summed E-state index contributed by atoms with van der Waals surface area (Å²) in [6.07, 6.45) is -3.76. The van der Waals surface area contributed by atoms with Crippen LogP contribution in [-0.2, 0) is 11.3 Å². The molecular weight excluding hydrogens is 282 g/mol. The van der Waals surface area contributed by atoms with Gasteiger partial charge in [-0.1, -0.05) is 0 Å². The third-order valence-corrected chi connectivity index (χ3v) is 2.18. The van der Waals surface area contributed by atoms with Gasteiger partial charge in [-0.05, 0) is 6.92 Å². The summed E-state index contributed by atoms with van der Waals surface area (Å²) in [5.74, 6) is 1.30. The van der Waals surface area contributed by atoms with Gasteiger partial charge in [-0.3, -0.25) is 0 Å². The lowest BCUT2D eigenvalue weighted by atomic mass is 10.3. The fourth-order valence-corrected chi connectivity index (χ4v) is 1.21. The molecule has 0 atom stereocenters. The Morgan fingerprint density at radius 3 is 2.55 bits per heavy atom. The summed E-state index contributed by atoms with van der Waals surface area (Å²) in [6.45, 7) is 0.967. The Morgan fingerprint density at radius 2 is 2.00 bits per heavy atom. The smallest absolute Gasteiger partial charge is 0.324 e. The fraction of sp³-hybridized carbons (Fsp3) is 0.600. The van der Waals surface area contributed by atoms with Gasteiger partial charge in [0.1, 0.15) is 18.2 Å². The number of ether oxygens (including phenoxy) is 1. The van der Waals surface area contributed by atoms with E-state index in [4.69, 9.17) is 10.6 Å². The molecule has 0 aromatic carbocycles. The van der Waals surface area contributed by atoms with E-state index in [-0.39, 0.29) is 24.1 Å². The van der Waals surface area contributed by atoms with Crippen LogP contribution in [-0.4, -0.2) is 35.5 Å². The molecule has 1 rings (SSSR count). The van der Waals surface area contributed by atoms with Crippen molar-refractivity contribution in [1.82, 2.24) is 9.97 Å². The molecule has 0 radical (unpaired) electrons. The Hall–Kier alpha value is -1.68. The zero-order chi connectivity index (χ0) is 15.2. The van der Waals surface area contributed by atoms with Gasteiger partial charge in [0, 0.05) is 12.7 Å². The Labute approximate surface area is 112 Å². The topological polar surface area (TPSA) is 85.1 Å². The van der Waals surface area contributed by atoms with Gasteiger partial charge >= 0.3 is 12.3 Å². The van der Waals surface area contributed by atoms with Crippen molar-refractivity contribution in [3.05, 3.63) is 11.9 Å². The number of alkyl halides is 4. The van der Waals surface area contributed by atoms with Crippen LogP contribution in [0.4, 0.5) is 29.2 Å². The number of nitrogens with zero attached hydrogens (tertiary/aromatic N) is 2. The SMILES string of the molecule is CCOCc1nc(NN)cc(NCC(F)(F)C(F)F)n1. The van der Waals surface area contributed by atoms with Crippen LogP contribution < -0.4 is 16.6 Å². The molecule has 4 N–H and O–H groups in total. The van der Waals surface area contributed by atoms with Crippen LogP contribution in [0.5, 0.6) is 0 Å². The summed E-state index contributed by atoms with van der Waals surface area (Å²) in [5.41, 5.74) is 2.22. The van der Waals surface area contributed by atoms with Gasteiger partial charge in [0.15, 0.2) is 5.82 Å². The highest BCUT2D eigenvalue weighted by atomic mass is 19.3. The molecule has 0 aliphatic rings. The van der Waals surface area contributed by atoms with Gasteiger partial charge in [-0.25, -0.2) is 24.6 Å². The predicted molar refractivity (Wildman–Crippen MR) is 64.6 cm³/mol. The maximum atomic E-state index is 12.8. The molecule has 0 saturated carbocycles. The minimum Gasteiger partial charge on any atom is -0.374 e. The number of rotatable bonds is 8. The van der Waals surface area contributed by atoms with Gasteiger partial charge < -0.3 is 15.5 Å². The van der Waals surface area contributed by atoms with Crippen molar-refractivity contribution in [2.24, 2.45) is 5.84 Å². The number of aromatic nitrogens is 2. The predicted octanol–water partition coefficient (Wildman–Crippen LogP) is 1.61. The van der Waals surface area contributed by atoms with E-state index in [1.54, 1.807) is 6.92 Å². The number of nitrogen functional groups attached to an aromatic ring is 1. The molecule has 1 aromatic rings. The minimum atomic E-state index is -4.15. The second-order valence-corrected chi connectivity index (χ2v) is 3.75.